The molecule has 0 aliphatic carbocycles. The summed E-state index contributed by atoms with van der Waals surface area (Å²) in [5.41, 5.74) is 11.7. The Hall–Kier alpha value is -3.02. The van der Waals surface area contributed by atoms with E-state index in [4.69, 9.17) is 16.2 Å². The fourth-order valence-electron chi connectivity index (χ4n) is 3.80. The first kappa shape index (κ1) is 20.7. The molecule has 29 heavy (non-hydrogen) atoms. The van der Waals surface area contributed by atoms with Crippen LogP contribution in [0.25, 0.3) is 0 Å². The van der Waals surface area contributed by atoms with Crippen LogP contribution < -0.4 is 16.2 Å². The van der Waals surface area contributed by atoms with Crippen LogP contribution in [0.3, 0.4) is 0 Å². The first-order valence-corrected chi connectivity index (χ1v) is 10.2. The van der Waals surface area contributed by atoms with Crippen molar-refractivity contribution in [3.05, 3.63) is 66.2 Å². The van der Waals surface area contributed by atoms with Crippen LogP contribution in [0.4, 0.5) is 0 Å². The molecule has 1 aliphatic rings. The lowest BCUT2D eigenvalue weighted by molar-refractivity contribution is -0.137. The molecule has 1 amide bonds. The van der Waals surface area contributed by atoms with Crippen molar-refractivity contribution in [1.82, 2.24) is 4.90 Å². The first-order valence-electron chi connectivity index (χ1n) is 10.2. The number of nitrogens with zero attached hydrogens (tertiary/aromatic N) is 2. The highest BCUT2D eigenvalue weighted by atomic mass is 16.5. The highest BCUT2D eigenvalue weighted by Gasteiger charge is 2.46. The third kappa shape index (κ3) is 5.73. The number of nitrogens with two attached hydrogens (primary N) is 2. The summed E-state index contributed by atoms with van der Waals surface area (Å²) in [5, 5.41) is 0. The van der Waals surface area contributed by atoms with Gasteiger partial charge in [-0.2, -0.15) is 0 Å². The lowest BCUT2D eigenvalue weighted by atomic mass is 9.83. The number of guanidine groups is 1. The van der Waals surface area contributed by atoms with Gasteiger partial charge in [0.2, 0.25) is 5.91 Å². The van der Waals surface area contributed by atoms with E-state index in [-0.39, 0.29) is 11.9 Å². The van der Waals surface area contributed by atoms with Gasteiger partial charge in [0.25, 0.3) is 0 Å². The zero-order valence-corrected chi connectivity index (χ0v) is 16.8. The average Bonchev–Trinajstić information content (AvgIpc) is 3.04. The minimum absolute atomic E-state index is 0.0503. The minimum atomic E-state index is -0.582. The number of rotatable bonds is 10. The fourth-order valence-corrected chi connectivity index (χ4v) is 3.80. The molecule has 1 unspecified atom stereocenters. The van der Waals surface area contributed by atoms with E-state index in [2.05, 4.69) is 17.1 Å². The minimum Gasteiger partial charge on any atom is -0.492 e. The van der Waals surface area contributed by atoms with Crippen LogP contribution in [0.1, 0.15) is 24.8 Å². The summed E-state index contributed by atoms with van der Waals surface area (Å²) in [4.78, 5) is 19.4. The van der Waals surface area contributed by atoms with Gasteiger partial charge in [-0.05, 0) is 43.4 Å². The zero-order valence-electron chi connectivity index (χ0n) is 16.8. The number of carbonyl (C=O) groups is 1. The van der Waals surface area contributed by atoms with Crippen molar-refractivity contribution in [3.63, 3.8) is 0 Å². The van der Waals surface area contributed by atoms with E-state index < -0.39 is 5.41 Å². The molecule has 1 atom stereocenters. The van der Waals surface area contributed by atoms with E-state index in [1.165, 1.54) is 5.56 Å². The zero-order chi connectivity index (χ0) is 20.5. The summed E-state index contributed by atoms with van der Waals surface area (Å²) < 4.78 is 5.98. The van der Waals surface area contributed by atoms with E-state index in [1.807, 2.05) is 53.4 Å². The number of carbonyl (C=O) groups excluding carboxylic acids is 1. The molecule has 4 N–H and O–H groups in total. The van der Waals surface area contributed by atoms with Crippen LogP contribution >= 0.6 is 0 Å². The normalized spacial score (nSPS) is 18.6. The molecular weight excluding hydrogens is 364 g/mol. The Morgan fingerprint density at radius 2 is 1.76 bits per heavy atom. The van der Waals surface area contributed by atoms with E-state index in [0.717, 1.165) is 38.1 Å². The number of amides is 1. The molecule has 1 aliphatic heterocycles. The topological polar surface area (TPSA) is 93.9 Å². The van der Waals surface area contributed by atoms with Gasteiger partial charge in [0.15, 0.2) is 5.96 Å². The molecule has 1 fully saturated rings. The number of aryl methyl sites for hydroxylation is 1. The largest absolute Gasteiger partial charge is 0.492 e. The SMILES string of the molecule is NC(N)=NCCC1(COc2ccccc2)CCN(CCCc2ccccc2)C1=O. The molecule has 1 heterocycles. The maximum atomic E-state index is 13.3. The molecule has 1 saturated heterocycles. The Labute approximate surface area is 172 Å². The standard InChI is InChI=1S/C23H30N4O2/c24-22(25)26-15-13-23(18-29-20-11-5-2-6-12-20)14-17-27(21(23)28)16-7-10-19-8-3-1-4-9-19/h1-6,8-9,11-12H,7,10,13-18H2,(H4,24,25,26). The molecule has 154 valence electrons. The highest BCUT2D eigenvalue weighted by Crippen LogP contribution is 2.36. The van der Waals surface area contributed by atoms with Gasteiger partial charge in [0.05, 0.1) is 5.41 Å². The Kier molecular flexibility index (Phi) is 7.11. The highest BCUT2D eigenvalue weighted by molar-refractivity contribution is 5.85. The van der Waals surface area contributed by atoms with Crippen molar-refractivity contribution in [2.75, 3.05) is 26.2 Å². The lowest BCUT2D eigenvalue weighted by Crippen LogP contribution is -2.40. The number of aliphatic imine (C=N–C) groups is 1. The molecular formula is C23H30N4O2. The van der Waals surface area contributed by atoms with E-state index in [9.17, 15) is 4.79 Å². The van der Waals surface area contributed by atoms with Crippen molar-refractivity contribution in [1.29, 1.82) is 0 Å². The molecule has 6 nitrogen and oxygen atoms in total. The number of hydrogen-bond donors (Lipinski definition) is 2. The van der Waals surface area contributed by atoms with Gasteiger partial charge in [0.1, 0.15) is 12.4 Å². The quantitative estimate of drug-likeness (QED) is 0.478. The third-order valence-corrected chi connectivity index (χ3v) is 5.48. The summed E-state index contributed by atoms with van der Waals surface area (Å²) in [6.45, 7) is 2.26. The third-order valence-electron chi connectivity index (χ3n) is 5.48. The fraction of sp³-hybridized carbons (Fsp3) is 0.391. The summed E-state index contributed by atoms with van der Waals surface area (Å²) in [5.74, 6) is 0.964. The molecule has 0 saturated carbocycles. The number of ether oxygens (including phenoxy) is 1. The van der Waals surface area contributed by atoms with Crippen LogP contribution in [0.15, 0.2) is 65.7 Å². The molecule has 0 radical (unpaired) electrons. The smallest absolute Gasteiger partial charge is 0.232 e. The second-order valence-electron chi connectivity index (χ2n) is 7.57. The van der Waals surface area contributed by atoms with Crippen molar-refractivity contribution >= 4 is 11.9 Å². The Morgan fingerprint density at radius 3 is 2.45 bits per heavy atom. The van der Waals surface area contributed by atoms with Crippen LogP contribution in [-0.2, 0) is 11.2 Å². The maximum Gasteiger partial charge on any atom is 0.232 e. The number of para-hydroxylation sites is 1. The monoisotopic (exact) mass is 394 g/mol. The van der Waals surface area contributed by atoms with Crippen LogP contribution in [0.2, 0.25) is 0 Å². The molecule has 2 aromatic carbocycles. The summed E-state index contributed by atoms with van der Waals surface area (Å²) >= 11 is 0. The maximum absolute atomic E-state index is 13.3. The summed E-state index contributed by atoms with van der Waals surface area (Å²) in [6.07, 6.45) is 3.24. The Bertz CT molecular complexity index is 806. The van der Waals surface area contributed by atoms with Crippen LogP contribution in [0, 0.1) is 5.41 Å². The van der Waals surface area contributed by atoms with Gasteiger partial charge in [-0.15, -0.1) is 0 Å². The molecule has 6 heteroatoms. The number of likely N-dealkylation sites (tertiary alicyclic amines) is 1. The van der Waals surface area contributed by atoms with Crippen molar-refractivity contribution in [3.8, 4) is 5.75 Å². The van der Waals surface area contributed by atoms with Gasteiger partial charge >= 0.3 is 0 Å². The van der Waals surface area contributed by atoms with Crippen LogP contribution in [0.5, 0.6) is 5.75 Å². The molecule has 2 aromatic rings. The van der Waals surface area contributed by atoms with Crippen molar-refractivity contribution < 1.29 is 9.53 Å². The summed E-state index contributed by atoms with van der Waals surface area (Å²) in [7, 11) is 0. The molecule has 3 rings (SSSR count). The van der Waals surface area contributed by atoms with Gasteiger partial charge in [0, 0.05) is 19.6 Å². The van der Waals surface area contributed by atoms with Gasteiger partial charge in [-0.3, -0.25) is 9.79 Å². The van der Waals surface area contributed by atoms with E-state index in [0.29, 0.717) is 19.6 Å². The molecule has 0 spiro atoms. The van der Waals surface area contributed by atoms with Crippen molar-refractivity contribution in [2.24, 2.45) is 21.9 Å². The predicted molar refractivity (Wildman–Crippen MR) is 116 cm³/mol. The lowest BCUT2D eigenvalue weighted by Gasteiger charge is -2.27. The van der Waals surface area contributed by atoms with Crippen molar-refractivity contribution in [2.45, 2.75) is 25.7 Å². The van der Waals surface area contributed by atoms with Gasteiger partial charge in [-0.1, -0.05) is 48.5 Å². The Morgan fingerprint density at radius 1 is 1.07 bits per heavy atom. The average molecular weight is 395 g/mol. The predicted octanol–water partition coefficient (Wildman–Crippen LogP) is 2.58. The second kappa shape index (κ2) is 9.96. The molecule has 0 aromatic heterocycles. The number of hydrogen-bond acceptors (Lipinski definition) is 3. The summed E-state index contributed by atoms with van der Waals surface area (Å²) in [6, 6.07) is 20.0. The van der Waals surface area contributed by atoms with Crippen LogP contribution in [-0.4, -0.2) is 43.0 Å². The van der Waals surface area contributed by atoms with E-state index >= 15 is 0 Å². The Balaban J connectivity index is 1.61. The van der Waals surface area contributed by atoms with Gasteiger partial charge < -0.3 is 21.1 Å². The van der Waals surface area contributed by atoms with E-state index in [1.54, 1.807) is 0 Å². The second-order valence-corrected chi connectivity index (χ2v) is 7.57. The molecule has 0 bridgehead atoms. The number of benzene rings is 2. The first-order chi connectivity index (χ1) is 14.1. The van der Waals surface area contributed by atoms with Gasteiger partial charge in [-0.25, -0.2) is 0 Å².